The van der Waals surface area contributed by atoms with Gasteiger partial charge in [0, 0.05) is 23.6 Å². The molecule has 1 fully saturated rings. The fourth-order valence-electron chi connectivity index (χ4n) is 4.31. The van der Waals surface area contributed by atoms with Crippen molar-refractivity contribution in [3.63, 3.8) is 0 Å². The van der Waals surface area contributed by atoms with Gasteiger partial charge in [-0.05, 0) is 50.1 Å². The Balaban J connectivity index is 2.05. The molecule has 1 aromatic carbocycles. The van der Waals surface area contributed by atoms with Crippen molar-refractivity contribution >= 4 is 28.4 Å². The zero-order valence-electron chi connectivity index (χ0n) is 16.3. The first kappa shape index (κ1) is 19.6. The summed E-state index contributed by atoms with van der Waals surface area (Å²) in [6.45, 7) is 6.70. The zero-order chi connectivity index (χ0) is 19.1. The first-order chi connectivity index (χ1) is 12.3. The number of ether oxygens (including phenoxy) is 4. The molecule has 0 radical (unpaired) electrons. The molecule has 26 heavy (non-hydrogen) atoms. The lowest BCUT2D eigenvalue weighted by atomic mass is 9.66. The quantitative estimate of drug-likeness (QED) is 0.664. The lowest BCUT2D eigenvalue weighted by Gasteiger charge is -2.45. The van der Waals surface area contributed by atoms with Crippen LogP contribution in [-0.2, 0) is 4.74 Å². The van der Waals surface area contributed by atoms with Gasteiger partial charge in [0.25, 0.3) is 0 Å². The number of thiocarbonyl (C=S) groups is 1. The summed E-state index contributed by atoms with van der Waals surface area (Å²) < 4.78 is 24.4. The molecule has 0 N–H and O–H groups in total. The minimum Gasteiger partial charge on any atom is -0.496 e. The zero-order valence-corrected chi connectivity index (χ0v) is 18.0. The summed E-state index contributed by atoms with van der Waals surface area (Å²) in [6.07, 6.45) is 3.86. The Morgan fingerprint density at radius 2 is 2.00 bits per heavy atom. The van der Waals surface area contributed by atoms with Crippen molar-refractivity contribution in [2.24, 2.45) is 11.8 Å². The second-order valence-electron chi connectivity index (χ2n) is 7.62. The normalized spacial score (nSPS) is 29.6. The standard InChI is InChI=1S/C20H28O4S2/c1-11(2)12-7-14-18-15(22-5)9-13(21-4)10-16(18)24-20(14,3)17(8-12)23-19(25)26-6/h9-12,14,17H,7-8H2,1-6H3/t12-,14+,17-,20-/m1/s1. The van der Waals surface area contributed by atoms with E-state index in [0.29, 0.717) is 16.2 Å². The van der Waals surface area contributed by atoms with E-state index in [1.54, 1.807) is 14.2 Å². The molecule has 1 aromatic rings. The summed E-state index contributed by atoms with van der Waals surface area (Å²) in [5.74, 6) is 3.71. The second-order valence-corrected chi connectivity index (χ2v) is 9.02. The average Bonchev–Trinajstić information content (AvgIpc) is 2.92. The highest BCUT2D eigenvalue weighted by atomic mass is 32.2. The van der Waals surface area contributed by atoms with Crippen LogP contribution in [0.25, 0.3) is 0 Å². The molecular formula is C20H28O4S2. The van der Waals surface area contributed by atoms with E-state index in [9.17, 15) is 0 Å². The Morgan fingerprint density at radius 3 is 2.58 bits per heavy atom. The molecule has 0 spiro atoms. The van der Waals surface area contributed by atoms with E-state index in [1.165, 1.54) is 11.8 Å². The number of rotatable bonds is 4. The molecule has 4 atom stereocenters. The van der Waals surface area contributed by atoms with Crippen molar-refractivity contribution in [1.29, 1.82) is 0 Å². The van der Waals surface area contributed by atoms with Crippen LogP contribution in [0, 0.1) is 11.8 Å². The Kier molecular flexibility index (Phi) is 5.63. The molecule has 1 heterocycles. The topological polar surface area (TPSA) is 36.9 Å². The van der Waals surface area contributed by atoms with Crippen molar-refractivity contribution in [2.75, 3.05) is 20.5 Å². The maximum Gasteiger partial charge on any atom is 0.220 e. The predicted octanol–water partition coefficient (Wildman–Crippen LogP) is 5.04. The first-order valence-electron chi connectivity index (χ1n) is 9.03. The van der Waals surface area contributed by atoms with Gasteiger partial charge in [0.05, 0.1) is 14.2 Å². The van der Waals surface area contributed by atoms with Crippen LogP contribution in [0.5, 0.6) is 17.2 Å². The van der Waals surface area contributed by atoms with Crippen LogP contribution >= 0.6 is 24.0 Å². The number of methoxy groups -OCH3 is 2. The predicted molar refractivity (Wildman–Crippen MR) is 110 cm³/mol. The van der Waals surface area contributed by atoms with Crippen LogP contribution < -0.4 is 14.2 Å². The van der Waals surface area contributed by atoms with E-state index in [1.807, 2.05) is 18.4 Å². The minimum absolute atomic E-state index is 0.0864. The summed E-state index contributed by atoms with van der Waals surface area (Å²) >= 11 is 6.83. The third-order valence-electron chi connectivity index (χ3n) is 5.95. The molecule has 0 amide bonds. The Bertz CT molecular complexity index is 691. The van der Waals surface area contributed by atoms with E-state index < -0.39 is 5.60 Å². The van der Waals surface area contributed by atoms with Crippen LogP contribution in [0.15, 0.2) is 12.1 Å². The molecule has 144 valence electrons. The lowest BCUT2D eigenvalue weighted by Crippen LogP contribution is -2.53. The maximum absolute atomic E-state index is 6.52. The monoisotopic (exact) mass is 396 g/mol. The summed E-state index contributed by atoms with van der Waals surface area (Å²) in [6, 6.07) is 3.89. The Labute approximate surface area is 165 Å². The third kappa shape index (κ3) is 3.26. The summed E-state index contributed by atoms with van der Waals surface area (Å²) in [5.41, 5.74) is 0.664. The van der Waals surface area contributed by atoms with Gasteiger partial charge >= 0.3 is 0 Å². The first-order valence-corrected chi connectivity index (χ1v) is 10.7. The van der Waals surface area contributed by atoms with E-state index in [2.05, 4.69) is 20.8 Å². The molecule has 2 aliphatic rings. The van der Waals surface area contributed by atoms with Crippen LogP contribution in [0.2, 0.25) is 0 Å². The minimum atomic E-state index is -0.465. The van der Waals surface area contributed by atoms with Gasteiger partial charge in [0.2, 0.25) is 4.38 Å². The SMILES string of the molecule is COc1cc(OC)c2c(c1)O[C@@]1(C)[C@H](OC(=S)SC)C[C@H](C(C)C)C[C@@H]21. The summed E-state index contributed by atoms with van der Waals surface area (Å²) in [5, 5.41) is 0. The molecule has 1 aliphatic heterocycles. The number of benzene rings is 1. The highest BCUT2D eigenvalue weighted by molar-refractivity contribution is 8.22. The number of hydrogen-bond donors (Lipinski definition) is 0. The van der Waals surface area contributed by atoms with Crippen molar-refractivity contribution in [3.8, 4) is 17.2 Å². The highest BCUT2D eigenvalue weighted by Crippen LogP contribution is 2.58. The van der Waals surface area contributed by atoms with E-state index in [4.69, 9.17) is 31.2 Å². The van der Waals surface area contributed by atoms with E-state index in [0.717, 1.165) is 35.7 Å². The molecule has 3 rings (SSSR count). The van der Waals surface area contributed by atoms with E-state index >= 15 is 0 Å². The van der Waals surface area contributed by atoms with Gasteiger partial charge in [0.15, 0.2) is 0 Å². The Hall–Kier alpha value is -1.14. The highest BCUT2D eigenvalue weighted by Gasteiger charge is 2.57. The van der Waals surface area contributed by atoms with Crippen molar-refractivity contribution in [3.05, 3.63) is 17.7 Å². The van der Waals surface area contributed by atoms with Crippen LogP contribution in [0.4, 0.5) is 0 Å². The fraction of sp³-hybridized carbons (Fsp3) is 0.650. The number of hydrogen-bond acceptors (Lipinski definition) is 6. The van der Waals surface area contributed by atoms with Crippen LogP contribution in [-0.4, -0.2) is 36.6 Å². The summed E-state index contributed by atoms with van der Waals surface area (Å²) in [7, 11) is 3.35. The molecule has 0 aromatic heterocycles. The van der Waals surface area contributed by atoms with Gasteiger partial charge in [-0.15, -0.1) is 0 Å². The largest absolute Gasteiger partial charge is 0.496 e. The van der Waals surface area contributed by atoms with Crippen LogP contribution in [0.1, 0.15) is 45.1 Å². The van der Waals surface area contributed by atoms with Gasteiger partial charge in [-0.3, -0.25) is 0 Å². The summed E-state index contributed by atoms with van der Waals surface area (Å²) in [4.78, 5) is 0. The molecule has 0 unspecified atom stereocenters. The van der Waals surface area contributed by atoms with Gasteiger partial charge in [-0.25, -0.2) is 0 Å². The number of thioether (sulfide) groups is 1. The van der Waals surface area contributed by atoms with Crippen LogP contribution in [0.3, 0.4) is 0 Å². The molecule has 0 bridgehead atoms. The van der Waals surface area contributed by atoms with Gasteiger partial charge in [-0.2, -0.15) is 0 Å². The van der Waals surface area contributed by atoms with Gasteiger partial charge < -0.3 is 18.9 Å². The van der Waals surface area contributed by atoms with Crippen molar-refractivity contribution in [2.45, 2.75) is 51.2 Å². The molecular weight excluding hydrogens is 368 g/mol. The molecule has 6 heteroatoms. The van der Waals surface area contributed by atoms with Crippen molar-refractivity contribution in [1.82, 2.24) is 0 Å². The second kappa shape index (κ2) is 7.47. The molecule has 4 nitrogen and oxygen atoms in total. The molecule has 1 aliphatic carbocycles. The van der Waals surface area contributed by atoms with Crippen molar-refractivity contribution < 1.29 is 18.9 Å². The molecule has 0 saturated heterocycles. The molecule has 1 saturated carbocycles. The number of fused-ring (bicyclic) bond motifs is 3. The average molecular weight is 397 g/mol. The van der Waals surface area contributed by atoms with Gasteiger partial charge in [0.1, 0.15) is 29.0 Å². The Morgan fingerprint density at radius 1 is 1.27 bits per heavy atom. The smallest absolute Gasteiger partial charge is 0.220 e. The fourth-order valence-corrected chi connectivity index (χ4v) is 4.64. The maximum atomic E-state index is 6.52. The van der Waals surface area contributed by atoms with Gasteiger partial charge in [-0.1, -0.05) is 25.6 Å². The lowest BCUT2D eigenvalue weighted by molar-refractivity contribution is -0.0754. The van der Waals surface area contributed by atoms with E-state index in [-0.39, 0.29) is 12.0 Å². The third-order valence-corrected chi connectivity index (χ3v) is 6.97.